The second-order valence-corrected chi connectivity index (χ2v) is 34.3. The van der Waals surface area contributed by atoms with Gasteiger partial charge in [-0.15, -0.1) is 214 Å². The van der Waals surface area contributed by atoms with Gasteiger partial charge in [-0.1, -0.05) is 217 Å². The Labute approximate surface area is 921 Å². The number of nitrogens with zero attached hydrogens (tertiary/aromatic N) is 6. The Morgan fingerprint density at radius 2 is 0.636 bits per heavy atom. The maximum absolute atomic E-state index is 11.5. The van der Waals surface area contributed by atoms with Gasteiger partial charge >= 0.3 is 0 Å². The SMILES string of the molecule is CC(=O)C=C(C)O.CC(=O)C=C(C)O.CC(=O)C=C(C)O.CC(C)(C)C(=O)C=C(O)C(C)(C)C.Cc1ccc2ccc(-c3[c-]ccc(-c4ccccc4)c3)nc2c1.Cc1ccc2ccc(-c3[c-]cccc3)nc2c1.Cc1ccc2ccc(-c3[c-]cccc3)nc2c1.[Ir].[Ir].[Ir].[Ir].[Ir].[Ir].[c-]1cccc2ccc3cccnc3c12.[c-]1ccccc1-c1ccc2ccccc2n1.[c-]1ccccc1-c1nccc2ccccc12. The number of ketones is 4. The number of pyridine rings is 6. The minimum Gasteiger partial charge on any atom is -0.512 e. The van der Waals surface area contributed by atoms with Crippen molar-refractivity contribution in [1.82, 2.24) is 29.9 Å². The van der Waals surface area contributed by atoms with Crippen LogP contribution in [0.5, 0.6) is 0 Å². The summed E-state index contributed by atoms with van der Waals surface area (Å²) in [6, 6.07) is 136. The first kappa shape index (κ1) is 123. The molecule has 6 radical (unpaired) electrons. The fraction of sp³-hybridized carbons (Fsp3) is 0.138. The Balaban J connectivity index is 0.000000336. The molecule has 0 aliphatic carbocycles. The number of aryl methyl sites for hydroxylation is 3. The van der Waals surface area contributed by atoms with Crippen molar-refractivity contribution in [3.63, 3.8) is 0 Å². The molecule has 0 saturated heterocycles. The third-order valence-corrected chi connectivity index (χ3v) is 20.3. The van der Waals surface area contributed by atoms with Crippen LogP contribution in [0, 0.1) is 68.0 Å². The van der Waals surface area contributed by atoms with Crippen LogP contribution in [0.2, 0.25) is 0 Å². The maximum Gasteiger partial charge on any atom is 0.164 e. The zero-order valence-corrected chi connectivity index (χ0v) is 96.3. The average molecular weight is 2960 g/mol. The summed E-state index contributed by atoms with van der Waals surface area (Å²) in [7, 11) is 0. The van der Waals surface area contributed by atoms with Crippen LogP contribution in [0.25, 0.3) is 143 Å². The van der Waals surface area contributed by atoms with Gasteiger partial charge in [-0.05, 0) is 193 Å². The van der Waals surface area contributed by atoms with Crippen LogP contribution < -0.4 is 0 Å². The Morgan fingerprint density at radius 1 is 0.280 bits per heavy atom. The number of benzene rings is 13. The molecule has 742 valence electrons. The van der Waals surface area contributed by atoms with Gasteiger partial charge in [-0.2, -0.15) is 0 Å². The van der Waals surface area contributed by atoms with Crippen LogP contribution in [-0.2, 0) is 140 Å². The van der Waals surface area contributed by atoms with E-state index in [2.05, 4.69) is 246 Å². The molecule has 6 aromatic heterocycles. The Hall–Kier alpha value is -12.7. The van der Waals surface area contributed by atoms with Crippen LogP contribution in [-0.4, -0.2) is 73.5 Å². The fourth-order valence-electron chi connectivity index (χ4n) is 13.5. The maximum atomic E-state index is 11.5. The molecule has 4 N–H and O–H groups in total. The van der Waals surface area contributed by atoms with E-state index in [0.717, 1.165) is 89.3 Å². The molecule has 0 spiro atoms. The number of carbonyl (C=O) groups excluding carboxylic acids is 4. The van der Waals surface area contributed by atoms with Crippen LogP contribution in [0.3, 0.4) is 0 Å². The number of hydrogen-bond acceptors (Lipinski definition) is 14. The largest absolute Gasteiger partial charge is 0.512 e. The van der Waals surface area contributed by atoms with Gasteiger partial charge in [0.1, 0.15) is 5.76 Å². The van der Waals surface area contributed by atoms with E-state index in [9.17, 15) is 24.3 Å². The molecule has 6 heterocycles. The number of fused-ring (bicyclic) bond motifs is 8. The van der Waals surface area contributed by atoms with Crippen molar-refractivity contribution in [2.45, 2.75) is 104 Å². The van der Waals surface area contributed by atoms with Gasteiger partial charge in [0.25, 0.3) is 0 Å². The van der Waals surface area contributed by atoms with Crippen molar-refractivity contribution >= 4 is 99.2 Å². The number of carbonyl (C=O) groups is 4. The topological polar surface area (TPSA) is 227 Å². The molecule has 0 unspecified atom stereocenters. The number of aromatic nitrogens is 6. The summed E-state index contributed by atoms with van der Waals surface area (Å²) in [6.07, 6.45) is 8.50. The zero-order chi connectivity index (χ0) is 98.4. The summed E-state index contributed by atoms with van der Waals surface area (Å²) in [5.41, 5.74) is 20.6. The van der Waals surface area contributed by atoms with E-state index in [1.54, 1.807) is 0 Å². The molecule has 0 atom stereocenters. The third kappa shape index (κ3) is 40.6. The number of aliphatic hydroxyl groups excluding tert-OH is 4. The predicted molar refractivity (Wildman–Crippen MR) is 564 cm³/mol. The average Bonchev–Trinajstić information content (AvgIpc) is 0.798. The number of aliphatic hydroxyl groups is 4. The molecule has 0 aliphatic heterocycles. The molecule has 0 aliphatic rings. The van der Waals surface area contributed by atoms with Crippen LogP contribution >= 0.6 is 0 Å². The van der Waals surface area contributed by atoms with E-state index in [1.165, 1.54) is 137 Å². The second kappa shape index (κ2) is 62.0. The molecule has 0 amide bonds. The molecular weight excluding hydrogens is 2840 g/mol. The molecule has 0 fully saturated rings. The standard InChI is InChI=1S/C22H16N.2C16H12N.2C15H10N.C13H8N.C11H20O2.3C5H8O2.6Ir/c1-16-10-11-18-12-13-21(23-22(18)14-16)20-9-5-8-19(15-20)17-6-3-2-4-7-17;2*1-12-7-8-14-9-10-15(17-16(14)11-12)13-5-3-2-4-6-13;1-2-7-13(8-3-1)15-14-9-5-4-6-12(14)10-11-16-15;1-2-6-12(7-3-1)15-11-10-13-8-4-5-9-14(13)16-15;1-2-6-12-10(4-1)7-8-11-5-3-9-14-13(11)12;1-10(2,3)8(12)7-9(13)11(4,5)6;3*1-4(6)3-5(2)7;;;;;;/h2-8,10-15H,1H3;2*2-5,7-11H,1H3;1-7,9-11H;1-6,8-11H;1-5,7-9H;7,12H,1-6H3;3*3,6H,1-2H3;;;;;;/q6*-1;;;;;;;;;;. The second-order valence-electron chi connectivity index (χ2n) is 34.3. The summed E-state index contributed by atoms with van der Waals surface area (Å²) in [5.74, 6) is -0.0835. The summed E-state index contributed by atoms with van der Waals surface area (Å²) in [4.78, 5) is 69.1. The van der Waals surface area contributed by atoms with Crippen molar-refractivity contribution < 1.29 is 160 Å². The van der Waals surface area contributed by atoms with Gasteiger partial charge in [0.05, 0.1) is 39.3 Å². The first-order valence-electron chi connectivity index (χ1n) is 44.7. The fourth-order valence-corrected chi connectivity index (χ4v) is 13.5. The first-order chi connectivity index (χ1) is 65.7. The Bertz CT molecular complexity index is 7160. The van der Waals surface area contributed by atoms with E-state index >= 15 is 0 Å². The van der Waals surface area contributed by atoms with Gasteiger partial charge < -0.3 is 30.4 Å². The molecule has 13 aromatic carbocycles. The normalized spacial score (nSPS) is 10.7. The van der Waals surface area contributed by atoms with Gasteiger partial charge in [-0.25, -0.2) is 0 Å². The van der Waals surface area contributed by atoms with Gasteiger partial charge in [0, 0.05) is 168 Å². The minimum atomic E-state index is -0.417. The molecule has 20 heteroatoms. The van der Waals surface area contributed by atoms with Crippen molar-refractivity contribution in [1.29, 1.82) is 0 Å². The van der Waals surface area contributed by atoms with E-state index in [-0.39, 0.29) is 172 Å². The number of para-hydroxylation sites is 1. The number of allylic oxidation sites excluding steroid dienone is 8. The van der Waals surface area contributed by atoms with Gasteiger partial charge in [0.15, 0.2) is 23.1 Å². The number of rotatable bonds is 10. The van der Waals surface area contributed by atoms with Crippen molar-refractivity contribution in [2.24, 2.45) is 10.8 Å². The quantitative estimate of drug-likeness (QED) is 0.0432. The molecule has 0 saturated carbocycles. The molecule has 0 bridgehead atoms. The first-order valence-corrected chi connectivity index (χ1v) is 44.7. The minimum absolute atomic E-state index is 0. The Morgan fingerprint density at radius 3 is 1.06 bits per heavy atom. The molecule has 19 rings (SSSR count). The van der Waals surface area contributed by atoms with Gasteiger partial charge in [0.2, 0.25) is 0 Å². The number of hydrogen-bond donors (Lipinski definition) is 4. The van der Waals surface area contributed by atoms with Crippen LogP contribution in [0.1, 0.15) is 99.8 Å². The van der Waals surface area contributed by atoms with Crippen molar-refractivity contribution in [3.05, 3.63) is 459 Å². The van der Waals surface area contributed by atoms with Gasteiger partial charge in [-0.3, -0.25) is 39.1 Å². The summed E-state index contributed by atoms with van der Waals surface area (Å²) < 4.78 is 0. The molecule has 14 nitrogen and oxygen atoms in total. The summed E-state index contributed by atoms with van der Waals surface area (Å²) >= 11 is 0. The molecule has 19 aromatic rings. The smallest absolute Gasteiger partial charge is 0.164 e. The summed E-state index contributed by atoms with van der Waals surface area (Å²) in [5, 5.41) is 45.2. The van der Waals surface area contributed by atoms with E-state index < -0.39 is 5.41 Å². The van der Waals surface area contributed by atoms with Crippen LogP contribution in [0.4, 0.5) is 0 Å². The third-order valence-electron chi connectivity index (χ3n) is 20.3. The van der Waals surface area contributed by atoms with Crippen molar-refractivity contribution in [3.8, 4) is 67.4 Å². The predicted octanol–water partition coefficient (Wildman–Crippen LogP) is 30.5. The molecular formula is C123H112Ir6N6O8-6. The van der Waals surface area contributed by atoms with E-state index in [4.69, 9.17) is 20.3 Å². The van der Waals surface area contributed by atoms with E-state index in [1.807, 2.05) is 236 Å². The summed E-state index contributed by atoms with van der Waals surface area (Å²) in [6.45, 7) is 25.9. The van der Waals surface area contributed by atoms with E-state index in [0.29, 0.717) is 0 Å². The monoisotopic (exact) mass is 2960 g/mol. The molecule has 143 heavy (non-hydrogen) atoms. The zero-order valence-electron chi connectivity index (χ0n) is 82.0. The van der Waals surface area contributed by atoms with Crippen LogP contribution in [0.15, 0.2) is 406 Å². The Kier molecular flexibility index (Phi) is 53.2. The van der Waals surface area contributed by atoms with Crippen molar-refractivity contribution in [2.75, 3.05) is 0 Å².